The summed E-state index contributed by atoms with van der Waals surface area (Å²) in [6.45, 7) is 0.201. The number of alkyl halides is 3. The van der Waals surface area contributed by atoms with E-state index in [2.05, 4.69) is 31.2 Å². The fourth-order valence-corrected chi connectivity index (χ4v) is 1.84. The smallest absolute Gasteiger partial charge is 0.377 e. The summed E-state index contributed by atoms with van der Waals surface area (Å²) in [6, 6.07) is 3.79. The quantitative estimate of drug-likeness (QED) is 0.903. The maximum Gasteiger partial charge on any atom is 0.418 e. The van der Waals surface area contributed by atoms with E-state index in [0.717, 1.165) is 6.07 Å². The number of H-pyrrole nitrogens is 1. The van der Waals surface area contributed by atoms with E-state index < -0.39 is 11.7 Å². The van der Waals surface area contributed by atoms with Crippen LogP contribution in [0.2, 0.25) is 0 Å². The highest BCUT2D eigenvalue weighted by molar-refractivity contribution is 9.10. The predicted molar refractivity (Wildman–Crippen MR) is 65.1 cm³/mol. The van der Waals surface area contributed by atoms with Gasteiger partial charge in [-0.15, -0.1) is 0 Å². The molecule has 0 aliphatic carbocycles. The van der Waals surface area contributed by atoms with Crippen molar-refractivity contribution in [1.82, 2.24) is 9.97 Å². The number of anilines is 1. The molecule has 3 nitrogen and oxygen atoms in total. The van der Waals surface area contributed by atoms with E-state index >= 15 is 0 Å². The van der Waals surface area contributed by atoms with Crippen molar-refractivity contribution in [3.05, 3.63) is 46.5 Å². The first-order chi connectivity index (χ1) is 8.47. The van der Waals surface area contributed by atoms with Crippen molar-refractivity contribution in [1.29, 1.82) is 0 Å². The van der Waals surface area contributed by atoms with Crippen LogP contribution in [-0.4, -0.2) is 9.97 Å². The van der Waals surface area contributed by atoms with Crippen molar-refractivity contribution >= 4 is 21.6 Å². The average Bonchev–Trinajstić information content (AvgIpc) is 2.77. The zero-order valence-corrected chi connectivity index (χ0v) is 10.6. The van der Waals surface area contributed by atoms with Gasteiger partial charge in [-0.25, -0.2) is 4.98 Å². The number of nitrogens with zero attached hydrogens (tertiary/aromatic N) is 1. The molecule has 1 aromatic carbocycles. The lowest BCUT2D eigenvalue weighted by Gasteiger charge is -2.14. The number of hydrogen-bond donors (Lipinski definition) is 2. The van der Waals surface area contributed by atoms with Gasteiger partial charge in [0.25, 0.3) is 0 Å². The maximum absolute atomic E-state index is 12.8. The molecule has 2 aromatic rings. The highest BCUT2D eigenvalue weighted by atomic mass is 79.9. The summed E-state index contributed by atoms with van der Waals surface area (Å²) in [5.41, 5.74) is -0.675. The zero-order valence-electron chi connectivity index (χ0n) is 9.05. The van der Waals surface area contributed by atoms with Crippen molar-refractivity contribution in [2.45, 2.75) is 12.7 Å². The number of halogens is 4. The molecule has 0 spiro atoms. The molecule has 0 saturated heterocycles. The predicted octanol–water partition coefficient (Wildman–Crippen LogP) is 3.80. The van der Waals surface area contributed by atoms with E-state index in [-0.39, 0.29) is 12.2 Å². The van der Waals surface area contributed by atoms with E-state index in [1.165, 1.54) is 12.1 Å². The summed E-state index contributed by atoms with van der Waals surface area (Å²) in [4.78, 5) is 6.75. The van der Waals surface area contributed by atoms with Crippen molar-refractivity contribution < 1.29 is 13.2 Å². The number of aromatic nitrogens is 2. The second kappa shape index (κ2) is 5.01. The van der Waals surface area contributed by atoms with Crippen LogP contribution in [0, 0.1) is 0 Å². The molecule has 0 bridgehead atoms. The number of hydrogen-bond acceptors (Lipinski definition) is 2. The van der Waals surface area contributed by atoms with Crippen molar-refractivity contribution in [2.75, 3.05) is 5.32 Å². The van der Waals surface area contributed by atoms with Crippen LogP contribution in [0.25, 0.3) is 0 Å². The third-order valence-corrected chi connectivity index (χ3v) is 2.78. The van der Waals surface area contributed by atoms with Gasteiger partial charge in [0.1, 0.15) is 5.82 Å². The average molecular weight is 320 g/mol. The van der Waals surface area contributed by atoms with Crippen molar-refractivity contribution in [3.63, 3.8) is 0 Å². The van der Waals surface area contributed by atoms with Crippen molar-refractivity contribution in [3.8, 4) is 0 Å². The third-order valence-electron chi connectivity index (χ3n) is 2.29. The van der Waals surface area contributed by atoms with Crippen molar-refractivity contribution in [2.24, 2.45) is 0 Å². The van der Waals surface area contributed by atoms with Gasteiger partial charge in [-0.2, -0.15) is 13.2 Å². The van der Waals surface area contributed by atoms with E-state index in [1.54, 1.807) is 12.4 Å². The topological polar surface area (TPSA) is 40.7 Å². The molecular formula is C11H9BrF3N3. The molecule has 0 fully saturated rings. The lowest BCUT2D eigenvalue weighted by Crippen LogP contribution is -2.11. The Morgan fingerprint density at radius 1 is 1.33 bits per heavy atom. The second-order valence-electron chi connectivity index (χ2n) is 3.58. The molecule has 0 atom stereocenters. The van der Waals surface area contributed by atoms with Gasteiger partial charge in [-0.1, -0.05) is 15.9 Å². The fraction of sp³-hybridized carbons (Fsp3) is 0.182. The fourth-order valence-electron chi connectivity index (χ4n) is 1.48. The first-order valence-electron chi connectivity index (χ1n) is 5.05. The molecule has 1 aromatic heterocycles. The van der Waals surface area contributed by atoms with E-state index in [0.29, 0.717) is 10.3 Å². The Balaban J connectivity index is 2.23. The van der Waals surface area contributed by atoms with Crippen LogP contribution >= 0.6 is 15.9 Å². The van der Waals surface area contributed by atoms with Crippen LogP contribution in [-0.2, 0) is 12.7 Å². The van der Waals surface area contributed by atoms with Gasteiger partial charge in [-0.05, 0) is 18.2 Å². The summed E-state index contributed by atoms with van der Waals surface area (Å²) in [7, 11) is 0. The van der Waals surface area contributed by atoms with Crippen LogP contribution in [0.5, 0.6) is 0 Å². The van der Waals surface area contributed by atoms with E-state index in [9.17, 15) is 13.2 Å². The molecule has 1 heterocycles. The lowest BCUT2D eigenvalue weighted by molar-refractivity contribution is -0.137. The molecule has 96 valence electrons. The number of aromatic amines is 1. The normalized spacial score (nSPS) is 11.6. The molecule has 2 N–H and O–H groups in total. The first kappa shape index (κ1) is 12.9. The second-order valence-corrected chi connectivity index (χ2v) is 4.49. The van der Waals surface area contributed by atoms with Crippen LogP contribution in [0.4, 0.5) is 18.9 Å². The van der Waals surface area contributed by atoms with E-state index in [4.69, 9.17) is 0 Å². The van der Waals surface area contributed by atoms with Gasteiger partial charge in [0.15, 0.2) is 0 Å². The summed E-state index contributed by atoms with van der Waals surface area (Å²) in [5, 5.41) is 2.72. The molecule has 18 heavy (non-hydrogen) atoms. The molecule has 2 rings (SSSR count). The largest absolute Gasteiger partial charge is 0.418 e. The number of rotatable bonds is 3. The van der Waals surface area contributed by atoms with Gasteiger partial charge in [0.05, 0.1) is 12.1 Å². The first-order valence-corrected chi connectivity index (χ1v) is 5.85. The van der Waals surface area contributed by atoms with Gasteiger partial charge < -0.3 is 10.3 Å². The summed E-state index contributed by atoms with van der Waals surface area (Å²) in [6.07, 6.45) is -1.22. The summed E-state index contributed by atoms with van der Waals surface area (Å²) in [5.74, 6) is 0.572. The van der Waals surface area contributed by atoms with Crippen LogP contribution < -0.4 is 5.32 Å². The van der Waals surface area contributed by atoms with Crippen LogP contribution in [0.3, 0.4) is 0 Å². The minimum Gasteiger partial charge on any atom is -0.377 e. The third kappa shape index (κ3) is 3.04. The maximum atomic E-state index is 12.8. The number of nitrogens with one attached hydrogen (secondary N) is 2. The monoisotopic (exact) mass is 319 g/mol. The molecule has 7 heteroatoms. The Labute approximate surface area is 110 Å². The zero-order chi connectivity index (χ0) is 13.2. The Morgan fingerprint density at radius 2 is 2.11 bits per heavy atom. The van der Waals surface area contributed by atoms with Crippen LogP contribution in [0.1, 0.15) is 11.4 Å². The Bertz CT molecular complexity index is 523. The minimum absolute atomic E-state index is 0.0216. The highest BCUT2D eigenvalue weighted by Crippen LogP contribution is 2.36. The Morgan fingerprint density at radius 3 is 2.72 bits per heavy atom. The molecule has 0 aliphatic heterocycles. The van der Waals surface area contributed by atoms with Gasteiger partial charge in [-0.3, -0.25) is 0 Å². The van der Waals surface area contributed by atoms with Gasteiger partial charge in [0.2, 0.25) is 0 Å². The Hall–Kier alpha value is -1.50. The number of imidazole rings is 1. The number of benzene rings is 1. The van der Waals surface area contributed by atoms with Gasteiger partial charge >= 0.3 is 6.18 Å². The molecule has 0 radical (unpaired) electrons. The minimum atomic E-state index is -4.38. The van der Waals surface area contributed by atoms with Crippen LogP contribution in [0.15, 0.2) is 35.1 Å². The lowest BCUT2D eigenvalue weighted by atomic mass is 10.1. The molecule has 0 aliphatic rings. The molecule has 0 unspecified atom stereocenters. The molecule has 0 amide bonds. The summed E-state index contributed by atoms with van der Waals surface area (Å²) >= 11 is 3.15. The molecule has 0 saturated carbocycles. The van der Waals surface area contributed by atoms with Gasteiger partial charge in [0, 0.05) is 22.6 Å². The standard InChI is InChI=1S/C11H9BrF3N3/c12-7-1-2-8(11(13,14)15)9(5-7)18-6-10-16-3-4-17-10/h1-5,18H,6H2,(H,16,17). The molecular weight excluding hydrogens is 311 g/mol. The SMILES string of the molecule is FC(F)(F)c1ccc(Br)cc1NCc1ncc[nH]1. The Kier molecular flexibility index (Phi) is 3.60. The highest BCUT2D eigenvalue weighted by Gasteiger charge is 2.33. The summed E-state index contributed by atoms with van der Waals surface area (Å²) < 4.78 is 38.9. The van der Waals surface area contributed by atoms with E-state index in [1.807, 2.05) is 0 Å².